The van der Waals surface area contributed by atoms with Crippen molar-refractivity contribution < 1.29 is 24.8 Å². The van der Waals surface area contributed by atoms with Gasteiger partial charge in [-0.15, -0.1) is 0 Å². The first-order valence-corrected chi connectivity index (χ1v) is 17.4. The Balaban J connectivity index is 0.00000157. The van der Waals surface area contributed by atoms with Crippen LogP contribution in [0.5, 0.6) is 0 Å². The van der Waals surface area contributed by atoms with Gasteiger partial charge in [0, 0.05) is 6.42 Å². The lowest BCUT2D eigenvalue weighted by atomic mass is 9.61. The number of aliphatic hydroxyl groups excluding tert-OH is 2. The minimum atomic E-state index is -1.09. The minimum absolute atomic E-state index is 0.0107. The zero-order valence-electron chi connectivity index (χ0n) is 28.6. The molecule has 246 valence electrons. The Labute approximate surface area is 254 Å². The first kappa shape index (κ1) is 38.8. The number of rotatable bonds is 10. The Morgan fingerprint density at radius 3 is 2.02 bits per heavy atom. The van der Waals surface area contributed by atoms with Gasteiger partial charge in [-0.25, -0.2) is 0 Å². The summed E-state index contributed by atoms with van der Waals surface area (Å²) in [5, 5.41) is 33.6. The molecule has 0 radical (unpaired) electrons. The van der Waals surface area contributed by atoms with Crippen LogP contribution in [0.25, 0.3) is 0 Å². The smallest absolute Gasteiger partial charge is 0.162 e. The molecule has 41 heavy (non-hydrogen) atoms. The molecule has 3 fully saturated rings. The maximum absolute atomic E-state index is 11.5. The molecular weight excluding hydrogens is 514 g/mol. The van der Waals surface area contributed by atoms with Crippen molar-refractivity contribution in [1.29, 1.82) is 0 Å². The van der Waals surface area contributed by atoms with Gasteiger partial charge in [-0.3, -0.25) is 0 Å². The van der Waals surface area contributed by atoms with Crippen molar-refractivity contribution in [3.05, 3.63) is 0 Å². The normalized spacial score (nSPS) is 36.4. The zero-order chi connectivity index (χ0) is 31.3. The van der Waals surface area contributed by atoms with Crippen molar-refractivity contribution in [3.8, 4) is 0 Å². The Bertz CT molecular complexity index is 675. The van der Waals surface area contributed by atoms with E-state index in [-0.39, 0.29) is 17.8 Å². The number of hydrogen-bond acceptors (Lipinski definition) is 6. The molecular formula is C35H71NO5. The van der Waals surface area contributed by atoms with Gasteiger partial charge in [0.25, 0.3) is 0 Å². The van der Waals surface area contributed by atoms with E-state index in [0.717, 1.165) is 51.7 Å². The van der Waals surface area contributed by atoms with Crippen LogP contribution in [0.1, 0.15) is 127 Å². The van der Waals surface area contributed by atoms with E-state index in [9.17, 15) is 15.3 Å². The fourth-order valence-electron chi connectivity index (χ4n) is 8.16. The molecule has 13 atom stereocenters. The summed E-state index contributed by atoms with van der Waals surface area (Å²) in [5.41, 5.74) is 4.85. The molecule has 2 saturated carbocycles. The van der Waals surface area contributed by atoms with E-state index in [0.29, 0.717) is 54.6 Å². The summed E-state index contributed by atoms with van der Waals surface area (Å²) in [6, 6.07) is 0. The van der Waals surface area contributed by atoms with Crippen LogP contribution >= 0.6 is 0 Å². The molecule has 1 heterocycles. The third-order valence-electron chi connectivity index (χ3n) is 10.7. The Kier molecular flexibility index (Phi) is 18.2. The lowest BCUT2D eigenvalue weighted by Crippen LogP contribution is -2.48. The van der Waals surface area contributed by atoms with E-state index in [1.807, 2.05) is 20.8 Å². The quantitative estimate of drug-likeness (QED) is 0.205. The lowest BCUT2D eigenvalue weighted by Gasteiger charge is -2.46. The van der Waals surface area contributed by atoms with Crippen molar-refractivity contribution in [2.45, 2.75) is 151 Å². The van der Waals surface area contributed by atoms with E-state index >= 15 is 0 Å². The molecule has 1 saturated heterocycles. The number of ether oxygens (including phenoxy) is 2. The van der Waals surface area contributed by atoms with Crippen LogP contribution < -0.4 is 5.73 Å². The Hall–Kier alpha value is -0.240. The first-order chi connectivity index (χ1) is 19.4. The molecule has 0 spiro atoms. The van der Waals surface area contributed by atoms with Crippen molar-refractivity contribution in [2.75, 3.05) is 19.8 Å². The van der Waals surface area contributed by atoms with Crippen LogP contribution in [0.3, 0.4) is 0 Å². The van der Waals surface area contributed by atoms with Crippen LogP contribution in [0, 0.1) is 53.3 Å². The predicted octanol–water partition coefficient (Wildman–Crippen LogP) is 7.03. The summed E-state index contributed by atoms with van der Waals surface area (Å²) >= 11 is 0. The molecule has 6 heteroatoms. The molecule has 2 aliphatic carbocycles. The third-order valence-corrected chi connectivity index (χ3v) is 10.7. The van der Waals surface area contributed by atoms with Gasteiger partial charge in [-0.2, -0.15) is 0 Å². The van der Waals surface area contributed by atoms with Gasteiger partial charge < -0.3 is 30.5 Å². The maximum Gasteiger partial charge on any atom is 0.162 e. The molecule has 3 rings (SSSR count). The fourth-order valence-corrected chi connectivity index (χ4v) is 8.16. The predicted molar refractivity (Wildman–Crippen MR) is 171 cm³/mol. The molecule has 0 aromatic rings. The van der Waals surface area contributed by atoms with Crippen molar-refractivity contribution in [3.63, 3.8) is 0 Å². The lowest BCUT2D eigenvalue weighted by molar-refractivity contribution is -0.208. The van der Waals surface area contributed by atoms with Crippen molar-refractivity contribution in [1.82, 2.24) is 0 Å². The number of aliphatic hydroxyl groups is 3. The largest absolute Gasteiger partial charge is 0.390 e. The summed E-state index contributed by atoms with van der Waals surface area (Å²) in [5.74, 6) is 2.38. The van der Waals surface area contributed by atoms with Crippen LogP contribution in [0.15, 0.2) is 0 Å². The highest BCUT2D eigenvalue weighted by atomic mass is 16.6. The standard InChI is InChI=1S/C31H58O5.C2H7N.C2H6/c1-8-15-31(7,34)36-17-24-16-19(2)9-12-26(24)22(5)29(32)30(33)23(6)27-13-10-20(3)25-14-11-21(4)35-18-28(25)27;1-2-3;1-2/h19-30,32-34H,8-18H2,1-7H3;2-3H2,1H3;1-2H3/t19-,20-,21?,22?,23?,24?,25?,26+,27+,28?,29?,30?,31+;;/m1../s1. The second-order valence-corrected chi connectivity index (χ2v) is 14.0. The van der Waals surface area contributed by atoms with Crippen molar-refractivity contribution >= 4 is 0 Å². The Morgan fingerprint density at radius 1 is 0.878 bits per heavy atom. The molecule has 0 bridgehead atoms. The second-order valence-electron chi connectivity index (χ2n) is 14.0. The van der Waals surface area contributed by atoms with Gasteiger partial charge in [0.1, 0.15) is 0 Å². The summed E-state index contributed by atoms with van der Waals surface area (Å²) in [6.45, 7) is 22.9. The van der Waals surface area contributed by atoms with Gasteiger partial charge in [-0.1, -0.05) is 74.7 Å². The highest BCUT2D eigenvalue weighted by molar-refractivity contribution is 4.94. The number of fused-ring (bicyclic) bond motifs is 1. The maximum atomic E-state index is 11.5. The molecule has 1 aliphatic heterocycles. The molecule has 0 aromatic carbocycles. The molecule has 5 N–H and O–H groups in total. The van der Waals surface area contributed by atoms with Gasteiger partial charge >= 0.3 is 0 Å². The average molecular weight is 586 g/mol. The van der Waals surface area contributed by atoms with E-state index in [2.05, 4.69) is 41.5 Å². The summed E-state index contributed by atoms with van der Waals surface area (Å²) in [4.78, 5) is 0. The van der Waals surface area contributed by atoms with E-state index in [4.69, 9.17) is 15.2 Å². The Morgan fingerprint density at radius 2 is 1.44 bits per heavy atom. The van der Waals surface area contributed by atoms with E-state index < -0.39 is 18.0 Å². The number of nitrogens with two attached hydrogens (primary N) is 1. The van der Waals surface area contributed by atoms with Crippen LogP contribution in [0.2, 0.25) is 0 Å². The minimum Gasteiger partial charge on any atom is -0.390 e. The molecule has 6 nitrogen and oxygen atoms in total. The van der Waals surface area contributed by atoms with Crippen molar-refractivity contribution in [2.24, 2.45) is 59.0 Å². The van der Waals surface area contributed by atoms with Gasteiger partial charge in [0.2, 0.25) is 0 Å². The fraction of sp³-hybridized carbons (Fsp3) is 1.00. The summed E-state index contributed by atoms with van der Waals surface area (Å²) in [6.07, 6.45) is 8.25. The molecule has 3 aliphatic rings. The van der Waals surface area contributed by atoms with Crippen LogP contribution in [0.4, 0.5) is 0 Å². The van der Waals surface area contributed by atoms with Gasteiger partial charge in [-0.05, 0) is 106 Å². The monoisotopic (exact) mass is 586 g/mol. The third kappa shape index (κ3) is 11.6. The highest BCUT2D eigenvalue weighted by Gasteiger charge is 2.45. The summed E-state index contributed by atoms with van der Waals surface area (Å²) < 4.78 is 12.2. The molecule has 0 aromatic heterocycles. The van der Waals surface area contributed by atoms with Crippen LogP contribution in [-0.2, 0) is 9.47 Å². The molecule has 0 amide bonds. The topological polar surface area (TPSA) is 105 Å². The van der Waals surface area contributed by atoms with Gasteiger partial charge in [0.15, 0.2) is 5.79 Å². The van der Waals surface area contributed by atoms with E-state index in [1.54, 1.807) is 6.92 Å². The van der Waals surface area contributed by atoms with Gasteiger partial charge in [0.05, 0.1) is 31.5 Å². The van der Waals surface area contributed by atoms with Crippen LogP contribution in [-0.4, -0.2) is 59.2 Å². The van der Waals surface area contributed by atoms with E-state index in [1.165, 1.54) is 12.8 Å². The molecule has 8 unspecified atom stereocenters. The average Bonchev–Trinajstić information content (AvgIpc) is 3.14. The number of hydrogen-bond donors (Lipinski definition) is 4. The summed E-state index contributed by atoms with van der Waals surface area (Å²) in [7, 11) is 0. The SMILES string of the molecule is CC.CCC[C@@](C)(O)OCC1C[C@H](C)CC[C@H]1C(C)C(O)C(O)C(C)[C@@H]1CC[C@@H](C)C2CCC(C)OCC21.CCN. The second kappa shape index (κ2) is 19.2. The zero-order valence-corrected chi connectivity index (χ0v) is 28.6. The highest BCUT2D eigenvalue weighted by Crippen LogP contribution is 2.48. The first-order valence-electron chi connectivity index (χ1n) is 17.4.